The van der Waals surface area contributed by atoms with Crippen molar-refractivity contribution in [3.63, 3.8) is 0 Å². The van der Waals surface area contributed by atoms with Crippen LogP contribution in [0, 0.1) is 5.21 Å². The second-order valence-corrected chi connectivity index (χ2v) is 7.38. The first-order chi connectivity index (χ1) is 11.8. The molecule has 0 radical (unpaired) electrons. The van der Waals surface area contributed by atoms with Crippen molar-refractivity contribution in [2.45, 2.75) is 24.2 Å². The topological polar surface area (TPSA) is 119 Å². The highest BCUT2D eigenvalue weighted by atomic mass is 32.2. The normalized spacial score (nSPS) is 12.1. The number of quaternary nitrogens is 1. The van der Waals surface area contributed by atoms with Gasteiger partial charge in [0.25, 0.3) is 11.8 Å². The molecule has 2 amide bonds. The monoisotopic (exact) mass is 382 g/mol. The Morgan fingerprint density at radius 1 is 1.28 bits per heavy atom. The molecule has 1 atom stereocenters. The zero-order valence-electron chi connectivity index (χ0n) is 13.8. The van der Waals surface area contributed by atoms with Gasteiger partial charge < -0.3 is 15.8 Å². The Hall–Kier alpha value is -1.98. The molecule has 134 valence electrons. The van der Waals surface area contributed by atoms with E-state index in [1.807, 2.05) is 20.1 Å². The molecular formula is C15H18N4O4S2. The van der Waals surface area contributed by atoms with Crippen LogP contribution in [0.3, 0.4) is 0 Å². The number of benzene rings is 1. The van der Waals surface area contributed by atoms with Gasteiger partial charge in [-0.1, -0.05) is 11.8 Å². The van der Waals surface area contributed by atoms with Crippen LogP contribution in [0.4, 0.5) is 11.5 Å². The summed E-state index contributed by atoms with van der Waals surface area (Å²) < 4.78 is 0.658. The number of anilines is 1. The zero-order valence-corrected chi connectivity index (χ0v) is 15.5. The quantitative estimate of drug-likeness (QED) is 0.446. The van der Waals surface area contributed by atoms with Crippen molar-refractivity contribution < 1.29 is 20.0 Å². The van der Waals surface area contributed by atoms with Crippen LogP contribution < -0.4 is 15.9 Å². The van der Waals surface area contributed by atoms with Gasteiger partial charge in [0.05, 0.1) is 0 Å². The number of thiazole rings is 1. The number of carbonyl (C=O) groups is 2. The van der Waals surface area contributed by atoms with Gasteiger partial charge in [-0.05, 0) is 32.2 Å². The summed E-state index contributed by atoms with van der Waals surface area (Å²) in [6, 6.07) is 5.47. The molecule has 2 aromatic rings. The fourth-order valence-electron chi connectivity index (χ4n) is 1.90. The van der Waals surface area contributed by atoms with Crippen molar-refractivity contribution in [3.05, 3.63) is 39.9 Å². The first-order valence-electron chi connectivity index (χ1n) is 7.32. The van der Waals surface area contributed by atoms with E-state index in [4.69, 9.17) is 5.21 Å². The molecule has 0 fully saturated rings. The van der Waals surface area contributed by atoms with E-state index in [0.717, 1.165) is 0 Å². The van der Waals surface area contributed by atoms with E-state index in [-0.39, 0.29) is 29.0 Å². The van der Waals surface area contributed by atoms with Crippen LogP contribution in [0.15, 0.2) is 28.6 Å². The highest BCUT2D eigenvalue weighted by Gasteiger charge is 2.21. The van der Waals surface area contributed by atoms with Gasteiger partial charge in [0, 0.05) is 23.7 Å². The minimum absolute atomic E-state index is 0.0422. The molecule has 0 aliphatic carbocycles. The largest absolute Gasteiger partial charge is 0.595 e. The summed E-state index contributed by atoms with van der Waals surface area (Å²) in [7, 11) is 0. The number of hydrogen-bond donors (Lipinski definition) is 4. The minimum atomic E-state index is -1.07. The Kier molecular flexibility index (Phi) is 6.51. The molecule has 8 nitrogen and oxygen atoms in total. The molecule has 10 heteroatoms. The predicted molar refractivity (Wildman–Crippen MR) is 96.7 cm³/mol. The number of rotatable bonds is 6. The molecule has 0 saturated heterocycles. The summed E-state index contributed by atoms with van der Waals surface area (Å²) >= 11 is 2.58. The van der Waals surface area contributed by atoms with Crippen LogP contribution in [-0.2, 0) is 0 Å². The summed E-state index contributed by atoms with van der Waals surface area (Å²) in [6.45, 7) is 3.69. The number of thioether (sulfide) groups is 1. The third kappa shape index (κ3) is 5.00. The lowest BCUT2D eigenvalue weighted by Crippen LogP contribution is -2.99. The number of carbonyl (C=O) groups excluding carboxylic acids is 2. The molecule has 2 rings (SSSR count). The van der Waals surface area contributed by atoms with Crippen LogP contribution in [0.5, 0.6) is 0 Å². The summed E-state index contributed by atoms with van der Waals surface area (Å²) in [5.41, 5.74) is 0.366. The third-order valence-electron chi connectivity index (χ3n) is 3.03. The fraction of sp³-hybridized carbons (Fsp3) is 0.267. The molecule has 0 aliphatic rings. The number of aromatic nitrogens is 1. The number of nitrogens with zero attached hydrogens (tertiary/aromatic N) is 1. The highest BCUT2D eigenvalue weighted by molar-refractivity contribution is 8.00. The minimum Gasteiger partial charge on any atom is -0.595 e. The molecule has 1 aromatic heterocycles. The molecule has 0 bridgehead atoms. The van der Waals surface area contributed by atoms with Crippen LogP contribution in [0.2, 0.25) is 0 Å². The van der Waals surface area contributed by atoms with E-state index in [0.29, 0.717) is 9.22 Å². The van der Waals surface area contributed by atoms with Crippen molar-refractivity contribution in [1.29, 1.82) is 0 Å². The molecular weight excluding hydrogens is 364 g/mol. The number of hydrogen-bond acceptors (Lipinski definition) is 7. The Morgan fingerprint density at radius 3 is 2.44 bits per heavy atom. The average Bonchev–Trinajstić information content (AvgIpc) is 2.97. The van der Waals surface area contributed by atoms with Crippen molar-refractivity contribution >= 4 is 46.4 Å². The lowest BCUT2D eigenvalue weighted by atomic mass is 10.2. The van der Waals surface area contributed by atoms with Crippen molar-refractivity contribution in [2.24, 2.45) is 0 Å². The van der Waals surface area contributed by atoms with Gasteiger partial charge in [-0.15, -0.1) is 11.3 Å². The second-order valence-electron chi connectivity index (χ2n) is 5.33. The van der Waals surface area contributed by atoms with Gasteiger partial charge in [0.1, 0.15) is 4.88 Å². The maximum atomic E-state index is 12.4. The van der Waals surface area contributed by atoms with Gasteiger partial charge in [-0.3, -0.25) is 9.59 Å². The fourth-order valence-corrected chi connectivity index (χ4v) is 3.32. The first kappa shape index (κ1) is 19.3. The molecule has 25 heavy (non-hydrogen) atoms. The highest BCUT2D eigenvalue weighted by Crippen LogP contribution is 2.29. The molecule has 0 spiro atoms. The Labute approximate surface area is 152 Å². The zero-order chi connectivity index (χ0) is 18.6. The maximum absolute atomic E-state index is 12.4. The molecule has 0 aliphatic heterocycles. The summed E-state index contributed by atoms with van der Waals surface area (Å²) in [5, 5.41) is 24.1. The van der Waals surface area contributed by atoms with Gasteiger partial charge >= 0.3 is 0 Å². The van der Waals surface area contributed by atoms with Gasteiger partial charge in [-0.25, -0.2) is 10.2 Å². The first-order valence-corrected chi connectivity index (χ1v) is 9.36. The lowest BCUT2D eigenvalue weighted by molar-refractivity contribution is -0.991. The average molecular weight is 382 g/mol. The smallest absolute Gasteiger partial charge is 0.265 e. The molecule has 1 unspecified atom stereocenters. The van der Waals surface area contributed by atoms with Crippen LogP contribution >= 0.6 is 23.1 Å². The van der Waals surface area contributed by atoms with E-state index in [2.05, 4.69) is 15.6 Å². The van der Waals surface area contributed by atoms with E-state index >= 15 is 0 Å². The predicted octanol–water partition coefficient (Wildman–Crippen LogP) is 1.66. The van der Waals surface area contributed by atoms with E-state index in [9.17, 15) is 14.8 Å². The van der Waals surface area contributed by atoms with Gasteiger partial charge in [-0.2, -0.15) is 5.23 Å². The SMILES string of the molecule is CSc1nc(NC(=O)c2ccc([NH+]([O-])O)cc2)c(C(=O)NC(C)C)s1. The third-order valence-corrected chi connectivity index (χ3v) is 5.07. The maximum Gasteiger partial charge on any atom is 0.265 e. The summed E-state index contributed by atoms with van der Waals surface area (Å²) in [6.07, 6.45) is 1.83. The van der Waals surface area contributed by atoms with Crippen LogP contribution in [0.1, 0.15) is 33.9 Å². The second kappa shape index (κ2) is 8.41. The van der Waals surface area contributed by atoms with Crippen molar-refractivity contribution in [3.8, 4) is 0 Å². The molecule has 0 saturated carbocycles. The Balaban J connectivity index is 2.22. The Morgan fingerprint density at radius 2 is 1.92 bits per heavy atom. The van der Waals surface area contributed by atoms with Crippen molar-refractivity contribution in [2.75, 3.05) is 11.6 Å². The van der Waals surface area contributed by atoms with Crippen LogP contribution in [0.25, 0.3) is 0 Å². The number of amides is 2. The van der Waals surface area contributed by atoms with E-state index in [1.54, 1.807) is 0 Å². The van der Waals surface area contributed by atoms with Crippen LogP contribution in [-0.4, -0.2) is 34.3 Å². The summed E-state index contributed by atoms with van der Waals surface area (Å²) in [5.74, 6) is -0.572. The van der Waals surface area contributed by atoms with Gasteiger partial charge in [0.15, 0.2) is 15.8 Å². The molecule has 1 heterocycles. The lowest BCUT2D eigenvalue weighted by Gasteiger charge is -2.11. The summed E-state index contributed by atoms with van der Waals surface area (Å²) in [4.78, 5) is 29.2. The standard InChI is InChI=1S/C15H18N4O4S2/c1-8(2)16-14(21)11-12(18-15(24-3)25-11)17-13(20)9-4-6-10(7-5-9)19(22)23/h4-8,19,22H,1-3H3,(H,16,21)(H,17,20). The Bertz CT molecular complexity index is 759. The van der Waals surface area contributed by atoms with E-state index in [1.165, 1.54) is 47.4 Å². The van der Waals surface area contributed by atoms with Gasteiger partial charge in [0.2, 0.25) is 0 Å². The molecule has 1 aromatic carbocycles. The molecule has 4 N–H and O–H groups in total. The number of nitrogens with one attached hydrogen (secondary N) is 3. The van der Waals surface area contributed by atoms with Crippen molar-refractivity contribution in [1.82, 2.24) is 10.3 Å². The van der Waals surface area contributed by atoms with E-state index < -0.39 is 11.1 Å².